The monoisotopic (exact) mass is 432 g/mol. The Labute approximate surface area is 168 Å². The molecule has 0 spiro atoms. The topological polar surface area (TPSA) is 69.3 Å². The predicted molar refractivity (Wildman–Crippen MR) is 98.2 cm³/mol. The van der Waals surface area contributed by atoms with E-state index < -0.39 is 35.1 Å². The van der Waals surface area contributed by atoms with Crippen LogP contribution >= 0.6 is 11.6 Å². The van der Waals surface area contributed by atoms with Crippen molar-refractivity contribution in [3.63, 3.8) is 0 Å². The van der Waals surface area contributed by atoms with E-state index in [1.807, 2.05) is 0 Å². The van der Waals surface area contributed by atoms with Crippen LogP contribution in [0.25, 0.3) is 0 Å². The van der Waals surface area contributed by atoms with Gasteiger partial charge in [0.25, 0.3) is 5.56 Å². The molecular formula is C18H17ClF4N4O2. The van der Waals surface area contributed by atoms with Crippen LogP contribution in [-0.2, 0) is 11.0 Å². The number of H-pyrrole nitrogens is 1. The number of nitrogens with zero attached hydrogens (tertiary/aromatic N) is 3. The van der Waals surface area contributed by atoms with Gasteiger partial charge < -0.3 is 9.80 Å². The lowest BCUT2D eigenvalue weighted by atomic mass is 9.98. The van der Waals surface area contributed by atoms with Crippen molar-refractivity contribution in [1.82, 2.24) is 15.1 Å². The molecule has 1 amide bonds. The predicted octanol–water partition coefficient (Wildman–Crippen LogP) is 3.38. The molecule has 156 valence electrons. The van der Waals surface area contributed by atoms with Crippen LogP contribution in [0.3, 0.4) is 0 Å². The largest absolute Gasteiger partial charge is 0.416 e. The SMILES string of the molecule is C[C@H](c1ccc(F)cc1C(F)(F)F)N1C[C@@H](C)N(c2cn[nH]c(=O)c2Cl)CC1=O. The Morgan fingerprint density at radius 2 is 2.00 bits per heavy atom. The fraction of sp³-hybridized carbons (Fsp3) is 0.389. The van der Waals surface area contributed by atoms with E-state index in [1.54, 1.807) is 11.8 Å². The summed E-state index contributed by atoms with van der Waals surface area (Å²) in [5.41, 5.74) is -1.65. The Balaban J connectivity index is 1.91. The molecule has 1 saturated heterocycles. The molecule has 1 N–H and O–H groups in total. The van der Waals surface area contributed by atoms with Gasteiger partial charge in [-0.1, -0.05) is 17.7 Å². The Bertz CT molecular complexity index is 995. The van der Waals surface area contributed by atoms with Gasteiger partial charge in [0, 0.05) is 12.6 Å². The summed E-state index contributed by atoms with van der Waals surface area (Å²) in [5, 5.41) is 5.74. The summed E-state index contributed by atoms with van der Waals surface area (Å²) >= 11 is 6.01. The van der Waals surface area contributed by atoms with Crippen molar-refractivity contribution in [2.75, 3.05) is 18.0 Å². The van der Waals surface area contributed by atoms with Crippen LogP contribution in [0.4, 0.5) is 23.2 Å². The van der Waals surface area contributed by atoms with Crippen molar-refractivity contribution in [2.45, 2.75) is 32.1 Å². The van der Waals surface area contributed by atoms with Gasteiger partial charge in [-0.3, -0.25) is 9.59 Å². The van der Waals surface area contributed by atoms with Crippen LogP contribution in [0, 0.1) is 5.82 Å². The van der Waals surface area contributed by atoms with Crippen molar-refractivity contribution in [2.24, 2.45) is 0 Å². The minimum Gasteiger partial charge on any atom is -0.355 e. The molecule has 3 rings (SSSR count). The molecule has 29 heavy (non-hydrogen) atoms. The molecule has 0 bridgehead atoms. The van der Waals surface area contributed by atoms with Gasteiger partial charge in [-0.2, -0.15) is 18.3 Å². The summed E-state index contributed by atoms with van der Waals surface area (Å²) in [6, 6.07) is 1.12. The van der Waals surface area contributed by atoms with E-state index in [-0.39, 0.29) is 35.4 Å². The first-order valence-electron chi connectivity index (χ1n) is 8.66. The lowest BCUT2D eigenvalue weighted by Crippen LogP contribution is -2.56. The first-order chi connectivity index (χ1) is 13.5. The molecule has 11 heteroatoms. The lowest BCUT2D eigenvalue weighted by Gasteiger charge is -2.43. The highest BCUT2D eigenvalue weighted by Gasteiger charge is 2.39. The molecule has 2 atom stereocenters. The molecule has 1 aliphatic heterocycles. The van der Waals surface area contributed by atoms with Gasteiger partial charge in [-0.05, 0) is 31.5 Å². The number of benzene rings is 1. The highest BCUT2D eigenvalue weighted by atomic mass is 35.5. The number of rotatable bonds is 3. The van der Waals surface area contributed by atoms with E-state index in [4.69, 9.17) is 11.6 Å². The maximum absolute atomic E-state index is 13.4. The smallest absolute Gasteiger partial charge is 0.355 e. The van der Waals surface area contributed by atoms with E-state index in [0.29, 0.717) is 6.07 Å². The summed E-state index contributed by atoms with van der Waals surface area (Å²) in [5.74, 6) is -1.46. The number of amides is 1. The third-order valence-electron chi connectivity index (χ3n) is 4.94. The molecule has 0 radical (unpaired) electrons. The molecule has 1 aliphatic rings. The van der Waals surface area contributed by atoms with Crippen molar-refractivity contribution in [1.29, 1.82) is 0 Å². The van der Waals surface area contributed by atoms with Gasteiger partial charge >= 0.3 is 6.18 Å². The Kier molecular flexibility index (Phi) is 5.57. The Hall–Kier alpha value is -2.62. The van der Waals surface area contributed by atoms with Gasteiger partial charge in [-0.15, -0.1) is 0 Å². The maximum atomic E-state index is 13.4. The van der Waals surface area contributed by atoms with Crippen LogP contribution < -0.4 is 10.5 Å². The number of halogens is 5. The first-order valence-corrected chi connectivity index (χ1v) is 9.04. The number of carbonyl (C=O) groups is 1. The number of alkyl halides is 3. The summed E-state index contributed by atoms with van der Waals surface area (Å²) in [4.78, 5) is 27.3. The second-order valence-corrected chi connectivity index (χ2v) is 7.20. The lowest BCUT2D eigenvalue weighted by molar-refractivity contribution is -0.141. The van der Waals surface area contributed by atoms with Gasteiger partial charge in [-0.25, -0.2) is 9.49 Å². The average molecular weight is 433 g/mol. The minimum absolute atomic E-state index is 0.0812. The summed E-state index contributed by atoms with van der Waals surface area (Å²) in [6.07, 6.45) is -3.44. The number of aromatic nitrogens is 2. The number of anilines is 1. The van der Waals surface area contributed by atoms with E-state index in [9.17, 15) is 27.2 Å². The molecule has 1 aromatic carbocycles. The number of carbonyl (C=O) groups excluding carboxylic acids is 1. The highest BCUT2D eigenvalue weighted by Crippen LogP contribution is 2.38. The fourth-order valence-electron chi connectivity index (χ4n) is 3.45. The Morgan fingerprint density at radius 1 is 1.31 bits per heavy atom. The third-order valence-corrected chi connectivity index (χ3v) is 5.31. The minimum atomic E-state index is -4.76. The zero-order chi connectivity index (χ0) is 21.5. The van der Waals surface area contributed by atoms with Crippen molar-refractivity contribution in [3.8, 4) is 0 Å². The second-order valence-electron chi connectivity index (χ2n) is 6.83. The average Bonchev–Trinajstić information content (AvgIpc) is 2.64. The molecule has 2 heterocycles. The number of nitrogens with one attached hydrogen (secondary N) is 1. The molecular weight excluding hydrogens is 416 g/mol. The van der Waals surface area contributed by atoms with Crippen LogP contribution in [0.1, 0.15) is 31.0 Å². The summed E-state index contributed by atoms with van der Waals surface area (Å²) in [7, 11) is 0. The zero-order valence-electron chi connectivity index (χ0n) is 15.4. The van der Waals surface area contributed by atoms with E-state index in [1.165, 1.54) is 18.0 Å². The highest BCUT2D eigenvalue weighted by molar-refractivity contribution is 6.33. The van der Waals surface area contributed by atoms with Gasteiger partial charge in [0.1, 0.15) is 10.8 Å². The zero-order valence-corrected chi connectivity index (χ0v) is 16.2. The van der Waals surface area contributed by atoms with Crippen LogP contribution in [0.5, 0.6) is 0 Å². The maximum Gasteiger partial charge on any atom is 0.416 e. The van der Waals surface area contributed by atoms with E-state index in [2.05, 4.69) is 10.2 Å². The number of hydrogen-bond acceptors (Lipinski definition) is 4. The van der Waals surface area contributed by atoms with Crippen LogP contribution in [-0.4, -0.2) is 40.1 Å². The molecule has 2 aromatic rings. The van der Waals surface area contributed by atoms with E-state index in [0.717, 1.165) is 12.1 Å². The van der Waals surface area contributed by atoms with Gasteiger partial charge in [0.15, 0.2) is 0 Å². The molecule has 1 fully saturated rings. The van der Waals surface area contributed by atoms with Gasteiger partial charge in [0.05, 0.1) is 30.0 Å². The van der Waals surface area contributed by atoms with Crippen molar-refractivity contribution >= 4 is 23.2 Å². The Morgan fingerprint density at radius 3 is 2.66 bits per heavy atom. The fourth-order valence-corrected chi connectivity index (χ4v) is 3.65. The molecule has 0 unspecified atom stereocenters. The quantitative estimate of drug-likeness (QED) is 0.755. The first kappa shape index (κ1) is 21.1. The summed E-state index contributed by atoms with van der Waals surface area (Å²) in [6.45, 7) is 3.10. The standard InChI is InChI=1S/C18H17ClF4N4O2/c1-9-7-27(10(2)12-4-3-11(20)5-13(12)18(21,22)23)15(28)8-26(9)14-6-24-25-17(29)16(14)19/h3-6,9-10H,7-8H2,1-2H3,(H,25,29)/t9-,10-/m1/s1. The summed E-state index contributed by atoms with van der Waals surface area (Å²) < 4.78 is 53.5. The number of hydrogen-bond donors (Lipinski definition) is 1. The molecule has 0 aliphatic carbocycles. The van der Waals surface area contributed by atoms with E-state index >= 15 is 0 Å². The number of piperazine rings is 1. The normalized spacial score (nSPS) is 18.9. The molecule has 1 aromatic heterocycles. The van der Waals surface area contributed by atoms with Crippen molar-refractivity contribution in [3.05, 3.63) is 56.7 Å². The van der Waals surface area contributed by atoms with Crippen molar-refractivity contribution < 1.29 is 22.4 Å². The van der Waals surface area contributed by atoms with Gasteiger partial charge in [0.2, 0.25) is 5.91 Å². The molecule has 6 nitrogen and oxygen atoms in total. The number of aromatic amines is 1. The third kappa shape index (κ3) is 4.07. The van der Waals surface area contributed by atoms with Crippen LogP contribution in [0.15, 0.2) is 29.2 Å². The molecule has 0 saturated carbocycles. The second kappa shape index (κ2) is 7.66. The van der Waals surface area contributed by atoms with Crippen LogP contribution in [0.2, 0.25) is 5.02 Å².